The van der Waals surface area contributed by atoms with Crippen LogP contribution in [0, 0.1) is 6.92 Å². The van der Waals surface area contributed by atoms with Gasteiger partial charge in [-0.05, 0) is 42.8 Å². The Bertz CT molecular complexity index is 1030. The number of carbonyl (C=O) groups excluding carboxylic acids is 1. The van der Waals surface area contributed by atoms with Gasteiger partial charge in [-0.1, -0.05) is 12.1 Å². The van der Waals surface area contributed by atoms with Gasteiger partial charge in [0.25, 0.3) is 5.91 Å². The van der Waals surface area contributed by atoms with Crippen LogP contribution in [0.25, 0.3) is 16.7 Å². The van der Waals surface area contributed by atoms with Gasteiger partial charge in [-0.2, -0.15) is 5.10 Å². The number of para-hydroxylation sites is 2. The van der Waals surface area contributed by atoms with Gasteiger partial charge >= 0.3 is 0 Å². The Morgan fingerprint density at radius 3 is 2.81 bits per heavy atom. The molecule has 130 valence electrons. The monoisotopic (exact) mass is 346 g/mol. The van der Waals surface area contributed by atoms with Gasteiger partial charge in [-0.25, -0.2) is 14.6 Å². The van der Waals surface area contributed by atoms with Gasteiger partial charge in [0.2, 0.25) is 0 Å². The maximum atomic E-state index is 12.8. The van der Waals surface area contributed by atoms with Crippen LogP contribution in [0.15, 0.2) is 55.1 Å². The summed E-state index contributed by atoms with van der Waals surface area (Å²) < 4.78 is 1.68. The van der Waals surface area contributed by atoms with Crippen LogP contribution < -0.4 is 0 Å². The highest BCUT2D eigenvalue weighted by atomic mass is 16.2. The number of aromatic amines is 1. The van der Waals surface area contributed by atoms with Crippen LogP contribution in [0.5, 0.6) is 0 Å². The summed E-state index contributed by atoms with van der Waals surface area (Å²) in [6.45, 7) is 2.37. The van der Waals surface area contributed by atoms with Crippen molar-refractivity contribution in [1.29, 1.82) is 0 Å². The number of carbonyl (C=O) groups is 1. The molecule has 4 rings (SSSR count). The summed E-state index contributed by atoms with van der Waals surface area (Å²) in [5.41, 5.74) is 4.36. The van der Waals surface area contributed by atoms with E-state index in [9.17, 15) is 4.79 Å². The number of H-pyrrole nitrogens is 1. The number of rotatable bonds is 4. The molecule has 0 saturated heterocycles. The van der Waals surface area contributed by atoms with E-state index in [1.807, 2.05) is 49.4 Å². The minimum Gasteiger partial charge on any atom is -0.340 e. The molecule has 7 heteroatoms. The highest BCUT2D eigenvalue weighted by Gasteiger charge is 2.15. The van der Waals surface area contributed by atoms with E-state index in [-0.39, 0.29) is 5.91 Å². The van der Waals surface area contributed by atoms with Crippen LogP contribution in [0.2, 0.25) is 0 Å². The Morgan fingerprint density at radius 1 is 1.23 bits per heavy atom. The lowest BCUT2D eigenvalue weighted by molar-refractivity contribution is 0.0782. The third-order valence-corrected chi connectivity index (χ3v) is 4.28. The number of hydrogen-bond donors (Lipinski definition) is 1. The molecule has 2 aromatic carbocycles. The highest BCUT2D eigenvalue weighted by Crippen LogP contribution is 2.17. The maximum Gasteiger partial charge on any atom is 0.254 e. The predicted molar refractivity (Wildman–Crippen MR) is 98.0 cm³/mol. The molecule has 0 aliphatic heterocycles. The molecule has 0 aliphatic rings. The first-order valence-electron chi connectivity index (χ1n) is 8.26. The summed E-state index contributed by atoms with van der Waals surface area (Å²) in [5, 5.41) is 4.13. The molecule has 0 radical (unpaired) electrons. The molecule has 0 bridgehead atoms. The van der Waals surface area contributed by atoms with Crippen LogP contribution in [0.4, 0.5) is 0 Å². The molecular formula is C19H18N6O. The van der Waals surface area contributed by atoms with E-state index in [1.165, 1.54) is 6.33 Å². The summed E-state index contributed by atoms with van der Waals surface area (Å²) in [5.74, 6) is 0.705. The predicted octanol–water partition coefficient (Wildman–Crippen LogP) is 2.72. The van der Waals surface area contributed by atoms with E-state index < -0.39 is 0 Å². The van der Waals surface area contributed by atoms with E-state index >= 15 is 0 Å². The van der Waals surface area contributed by atoms with Crippen molar-refractivity contribution >= 4 is 16.9 Å². The number of fused-ring (bicyclic) bond motifs is 1. The third-order valence-electron chi connectivity index (χ3n) is 4.28. The van der Waals surface area contributed by atoms with E-state index in [1.54, 1.807) is 23.0 Å². The van der Waals surface area contributed by atoms with Gasteiger partial charge in [-0.15, -0.1) is 0 Å². The normalized spacial score (nSPS) is 11.0. The Morgan fingerprint density at radius 2 is 2.08 bits per heavy atom. The number of nitrogens with one attached hydrogen (secondary N) is 1. The van der Waals surface area contributed by atoms with Crippen molar-refractivity contribution in [2.75, 3.05) is 7.05 Å². The Balaban J connectivity index is 1.54. The van der Waals surface area contributed by atoms with Crippen molar-refractivity contribution in [3.05, 3.63) is 72.1 Å². The third kappa shape index (κ3) is 2.95. The van der Waals surface area contributed by atoms with Gasteiger partial charge in [0, 0.05) is 12.6 Å². The SMILES string of the molecule is Cc1cc(C(=O)N(C)Cc2nc3ccccc3[nH]2)ccc1-n1cncn1. The molecule has 0 saturated carbocycles. The lowest BCUT2D eigenvalue weighted by Gasteiger charge is -2.16. The van der Waals surface area contributed by atoms with Gasteiger partial charge < -0.3 is 9.88 Å². The Kier molecular flexibility index (Phi) is 3.96. The van der Waals surface area contributed by atoms with E-state index in [0.717, 1.165) is 28.1 Å². The summed E-state index contributed by atoms with van der Waals surface area (Å²) in [6.07, 6.45) is 3.12. The molecule has 0 unspecified atom stereocenters. The average molecular weight is 346 g/mol. The Hall–Kier alpha value is -3.48. The smallest absolute Gasteiger partial charge is 0.254 e. The summed E-state index contributed by atoms with van der Waals surface area (Å²) >= 11 is 0. The number of imidazole rings is 1. The maximum absolute atomic E-state index is 12.8. The van der Waals surface area contributed by atoms with Gasteiger partial charge in [0.15, 0.2) is 0 Å². The fourth-order valence-corrected chi connectivity index (χ4v) is 2.98. The largest absolute Gasteiger partial charge is 0.340 e. The lowest BCUT2D eigenvalue weighted by atomic mass is 10.1. The second-order valence-corrected chi connectivity index (χ2v) is 6.20. The molecule has 7 nitrogen and oxygen atoms in total. The van der Waals surface area contributed by atoms with Crippen molar-refractivity contribution in [3.8, 4) is 5.69 Å². The van der Waals surface area contributed by atoms with Gasteiger partial charge in [-0.3, -0.25) is 4.79 Å². The van der Waals surface area contributed by atoms with Crippen molar-refractivity contribution in [2.45, 2.75) is 13.5 Å². The molecule has 2 aromatic heterocycles. The van der Waals surface area contributed by atoms with E-state index in [4.69, 9.17) is 0 Å². The number of amides is 1. The second kappa shape index (κ2) is 6.44. The number of hydrogen-bond acceptors (Lipinski definition) is 4. The van der Waals surface area contributed by atoms with Crippen molar-refractivity contribution < 1.29 is 4.79 Å². The first-order valence-corrected chi connectivity index (χ1v) is 8.26. The quantitative estimate of drug-likeness (QED) is 0.616. The first kappa shape index (κ1) is 16.0. The van der Waals surface area contributed by atoms with Crippen molar-refractivity contribution in [1.82, 2.24) is 29.6 Å². The van der Waals surface area contributed by atoms with Gasteiger partial charge in [0.05, 0.1) is 23.3 Å². The second-order valence-electron chi connectivity index (χ2n) is 6.20. The number of benzene rings is 2. The molecule has 0 fully saturated rings. The molecule has 0 aliphatic carbocycles. The van der Waals surface area contributed by atoms with Crippen LogP contribution in [-0.2, 0) is 6.54 Å². The molecule has 2 heterocycles. The summed E-state index contributed by atoms with van der Waals surface area (Å²) in [6, 6.07) is 13.4. The van der Waals surface area contributed by atoms with Crippen LogP contribution in [-0.4, -0.2) is 42.6 Å². The molecule has 0 spiro atoms. The van der Waals surface area contributed by atoms with Crippen LogP contribution in [0.1, 0.15) is 21.7 Å². The number of aromatic nitrogens is 5. The highest BCUT2D eigenvalue weighted by molar-refractivity contribution is 5.94. The first-order chi connectivity index (χ1) is 12.6. The van der Waals surface area contributed by atoms with Crippen molar-refractivity contribution in [3.63, 3.8) is 0 Å². The zero-order chi connectivity index (χ0) is 18.1. The zero-order valence-corrected chi connectivity index (χ0v) is 14.5. The van der Waals surface area contributed by atoms with Crippen LogP contribution >= 0.6 is 0 Å². The molecule has 4 aromatic rings. The zero-order valence-electron chi connectivity index (χ0n) is 14.5. The molecular weight excluding hydrogens is 328 g/mol. The average Bonchev–Trinajstić information content (AvgIpc) is 3.30. The molecule has 1 N–H and O–H groups in total. The summed E-state index contributed by atoms with van der Waals surface area (Å²) in [7, 11) is 1.77. The molecule has 26 heavy (non-hydrogen) atoms. The lowest BCUT2D eigenvalue weighted by Crippen LogP contribution is -2.26. The molecule has 0 atom stereocenters. The topological polar surface area (TPSA) is 79.7 Å². The minimum atomic E-state index is -0.0568. The minimum absolute atomic E-state index is 0.0568. The van der Waals surface area contributed by atoms with Gasteiger partial charge in [0.1, 0.15) is 18.5 Å². The fourth-order valence-electron chi connectivity index (χ4n) is 2.98. The fraction of sp³-hybridized carbons (Fsp3) is 0.158. The molecule has 1 amide bonds. The number of aryl methyl sites for hydroxylation is 1. The number of nitrogens with zero attached hydrogens (tertiary/aromatic N) is 5. The van der Waals surface area contributed by atoms with Crippen LogP contribution in [0.3, 0.4) is 0 Å². The van der Waals surface area contributed by atoms with Crippen molar-refractivity contribution in [2.24, 2.45) is 0 Å². The van der Waals surface area contributed by atoms with E-state index in [2.05, 4.69) is 20.1 Å². The summed E-state index contributed by atoms with van der Waals surface area (Å²) in [4.78, 5) is 26.1. The Labute approximate surface area is 150 Å². The van der Waals surface area contributed by atoms with E-state index in [0.29, 0.717) is 12.1 Å². The standard InChI is InChI=1S/C19H18N6O/c1-13-9-14(7-8-17(13)25-12-20-11-21-25)19(26)24(2)10-18-22-15-5-3-4-6-16(15)23-18/h3-9,11-12H,10H2,1-2H3,(H,22,23).